The highest BCUT2D eigenvalue weighted by Gasteiger charge is 2.67. The zero-order valence-corrected chi connectivity index (χ0v) is 16.0. The summed E-state index contributed by atoms with van der Waals surface area (Å²) < 4.78 is 42.5. The summed E-state index contributed by atoms with van der Waals surface area (Å²) in [7, 11) is 0. The third-order valence-electron chi connectivity index (χ3n) is 4.55. The topological polar surface area (TPSA) is 61.8 Å². The van der Waals surface area contributed by atoms with E-state index in [1.54, 1.807) is 56.3 Å². The van der Waals surface area contributed by atoms with Crippen LogP contribution in [0.5, 0.6) is 0 Å². The zero-order chi connectivity index (χ0) is 21.2. The van der Waals surface area contributed by atoms with Crippen molar-refractivity contribution in [2.24, 2.45) is 4.99 Å². The Morgan fingerprint density at radius 3 is 2.41 bits per heavy atom. The fourth-order valence-corrected chi connectivity index (χ4v) is 3.16. The van der Waals surface area contributed by atoms with E-state index in [4.69, 9.17) is 0 Å². The van der Waals surface area contributed by atoms with E-state index in [1.807, 2.05) is 5.32 Å². The predicted octanol–water partition coefficient (Wildman–Crippen LogP) is 3.68. The van der Waals surface area contributed by atoms with Crippen molar-refractivity contribution in [1.82, 2.24) is 10.2 Å². The third-order valence-corrected chi connectivity index (χ3v) is 4.55. The van der Waals surface area contributed by atoms with Crippen LogP contribution in [0.15, 0.2) is 59.6 Å². The second kappa shape index (κ2) is 7.69. The SMILES string of the molecule is CCCN1C(=O)[C@](NC(=O)c2cccc(C)c2)(C(F)(F)F)N=C1c1ccccc1. The van der Waals surface area contributed by atoms with Gasteiger partial charge in [0.2, 0.25) is 0 Å². The molecule has 3 rings (SSSR count). The molecule has 2 aromatic rings. The van der Waals surface area contributed by atoms with Gasteiger partial charge in [0.1, 0.15) is 5.84 Å². The largest absolute Gasteiger partial charge is 0.442 e. The molecule has 1 aliphatic heterocycles. The number of hydrogen-bond acceptors (Lipinski definition) is 3. The fourth-order valence-electron chi connectivity index (χ4n) is 3.16. The first-order valence-corrected chi connectivity index (χ1v) is 9.13. The number of hydrogen-bond donors (Lipinski definition) is 1. The Hall–Kier alpha value is -3.16. The molecular formula is C21H20F3N3O2. The van der Waals surface area contributed by atoms with Crippen LogP contribution in [-0.2, 0) is 4.79 Å². The first kappa shape index (κ1) is 20.6. The summed E-state index contributed by atoms with van der Waals surface area (Å²) in [6, 6.07) is 14.3. The van der Waals surface area contributed by atoms with Crippen LogP contribution < -0.4 is 5.32 Å². The van der Waals surface area contributed by atoms with Gasteiger partial charge >= 0.3 is 11.8 Å². The Morgan fingerprint density at radius 1 is 1.14 bits per heavy atom. The number of aryl methyl sites for hydroxylation is 1. The van der Waals surface area contributed by atoms with Crippen molar-refractivity contribution in [3.63, 3.8) is 0 Å². The van der Waals surface area contributed by atoms with Gasteiger partial charge in [-0.25, -0.2) is 4.99 Å². The van der Waals surface area contributed by atoms with Gasteiger partial charge in [0.25, 0.3) is 11.8 Å². The Labute approximate surface area is 166 Å². The van der Waals surface area contributed by atoms with Crippen molar-refractivity contribution < 1.29 is 22.8 Å². The summed E-state index contributed by atoms with van der Waals surface area (Å²) in [6.45, 7) is 3.51. The van der Waals surface area contributed by atoms with Crippen LogP contribution in [0.3, 0.4) is 0 Å². The first-order chi connectivity index (χ1) is 13.7. The van der Waals surface area contributed by atoms with E-state index < -0.39 is 23.7 Å². The number of amidine groups is 1. The average molecular weight is 403 g/mol. The first-order valence-electron chi connectivity index (χ1n) is 9.13. The normalized spacial score (nSPS) is 19.3. The summed E-state index contributed by atoms with van der Waals surface area (Å²) in [4.78, 5) is 30.3. The van der Waals surface area contributed by atoms with Crippen molar-refractivity contribution in [3.05, 3.63) is 71.3 Å². The summed E-state index contributed by atoms with van der Waals surface area (Å²) in [6.07, 6.45) is -4.69. The van der Waals surface area contributed by atoms with Gasteiger partial charge < -0.3 is 5.32 Å². The molecule has 0 saturated carbocycles. The maximum Gasteiger partial charge on any atom is 0.442 e. The number of halogens is 3. The molecule has 0 bridgehead atoms. The van der Waals surface area contributed by atoms with Gasteiger partial charge in [-0.2, -0.15) is 13.2 Å². The van der Waals surface area contributed by atoms with Crippen LogP contribution in [0, 0.1) is 6.92 Å². The van der Waals surface area contributed by atoms with E-state index in [0.29, 0.717) is 17.5 Å². The summed E-state index contributed by atoms with van der Waals surface area (Å²) in [5.41, 5.74) is -2.27. The molecule has 1 atom stereocenters. The van der Waals surface area contributed by atoms with E-state index >= 15 is 0 Å². The monoisotopic (exact) mass is 403 g/mol. The Balaban J connectivity index is 2.10. The van der Waals surface area contributed by atoms with Crippen LogP contribution in [0.25, 0.3) is 0 Å². The lowest BCUT2D eigenvalue weighted by Gasteiger charge is -2.29. The highest BCUT2D eigenvalue weighted by Crippen LogP contribution is 2.38. The minimum atomic E-state index is -5.12. The minimum absolute atomic E-state index is 0.0202. The van der Waals surface area contributed by atoms with Crippen LogP contribution in [-0.4, -0.2) is 40.9 Å². The van der Waals surface area contributed by atoms with Gasteiger partial charge in [-0.3, -0.25) is 14.5 Å². The molecule has 1 N–H and O–H groups in total. The molecular weight excluding hydrogens is 383 g/mol. The van der Waals surface area contributed by atoms with Gasteiger partial charge in [-0.15, -0.1) is 0 Å². The number of amides is 2. The van der Waals surface area contributed by atoms with Crippen molar-refractivity contribution in [3.8, 4) is 0 Å². The molecule has 0 fully saturated rings. The Kier molecular flexibility index (Phi) is 5.46. The number of rotatable bonds is 5. The molecule has 0 aliphatic carbocycles. The van der Waals surface area contributed by atoms with Gasteiger partial charge in [0.15, 0.2) is 0 Å². The number of carbonyl (C=O) groups excluding carboxylic acids is 2. The summed E-state index contributed by atoms with van der Waals surface area (Å²) in [5.74, 6) is -2.44. The van der Waals surface area contributed by atoms with Crippen molar-refractivity contribution in [2.45, 2.75) is 32.1 Å². The third kappa shape index (κ3) is 3.74. The molecule has 0 radical (unpaired) electrons. The fraction of sp³-hybridized carbons (Fsp3) is 0.286. The maximum absolute atomic E-state index is 14.2. The molecule has 29 heavy (non-hydrogen) atoms. The molecule has 0 saturated heterocycles. The number of aliphatic imine (C=N–C) groups is 1. The van der Waals surface area contributed by atoms with Crippen LogP contribution in [0.4, 0.5) is 13.2 Å². The van der Waals surface area contributed by atoms with Gasteiger partial charge in [-0.1, -0.05) is 55.0 Å². The van der Waals surface area contributed by atoms with Gasteiger partial charge in [-0.05, 0) is 25.5 Å². The van der Waals surface area contributed by atoms with Crippen LogP contribution >= 0.6 is 0 Å². The quantitative estimate of drug-likeness (QED) is 0.828. The number of nitrogens with one attached hydrogen (secondary N) is 1. The Morgan fingerprint density at radius 2 is 1.83 bits per heavy atom. The smallest absolute Gasteiger partial charge is 0.312 e. The number of benzene rings is 2. The van der Waals surface area contributed by atoms with E-state index in [-0.39, 0.29) is 17.9 Å². The summed E-state index contributed by atoms with van der Waals surface area (Å²) in [5, 5.41) is 1.87. The summed E-state index contributed by atoms with van der Waals surface area (Å²) >= 11 is 0. The highest BCUT2D eigenvalue weighted by molar-refractivity contribution is 6.16. The lowest BCUT2D eigenvalue weighted by molar-refractivity contribution is -0.196. The second-order valence-electron chi connectivity index (χ2n) is 6.79. The molecule has 0 unspecified atom stereocenters. The second-order valence-corrected chi connectivity index (χ2v) is 6.79. The van der Waals surface area contributed by atoms with E-state index in [1.165, 1.54) is 12.1 Å². The van der Waals surface area contributed by atoms with E-state index in [2.05, 4.69) is 4.99 Å². The maximum atomic E-state index is 14.2. The zero-order valence-electron chi connectivity index (χ0n) is 16.0. The van der Waals surface area contributed by atoms with Gasteiger partial charge in [0.05, 0.1) is 0 Å². The number of nitrogens with zero attached hydrogens (tertiary/aromatic N) is 2. The standard InChI is InChI=1S/C21H20F3N3O2/c1-3-12-27-17(15-9-5-4-6-10-15)25-20(19(27)29,21(22,23)24)26-18(28)16-11-7-8-14(2)13-16/h4-11,13H,3,12H2,1-2H3,(H,26,28)/t20-/m0/s1. The molecule has 5 nitrogen and oxygen atoms in total. The van der Waals surface area contributed by atoms with Crippen molar-refractivity contribution in [2.75, 3.05) is 6.54 Å². The molecule has 8 heteroatoms. The van der Waals surface area contributed by atoms with Crippen LogP contribution in [0.1, 0.15) is 34.8 Å². The van der Waals surface area contributed by atoms with Crippen LogP contribution in [0.2, 0.25) is 0 Å². The molecule has 152 valence electrons. The van der Waals surface area contributed by atoms with E-state index in [0.717, 1.165) is 4.90 Å². The average Bonchev–Trinajstić information content (AvgIpc) is 2.96. The number of alkyl halides is 3. The lowest BCUT2D eigenvalue weighted by Crippen LogP contribution is -2.63. The van der Waals surface area contributed by atoms with Gasteiger partial charge in [0, 0.05) is 17.7 Å². The van der Waals surface area contributed by atoms with Crippen molar-refractivity contribution >= 4 is 17.6 Å². The Bertz CT molecular complexity index is 957. The van der Waals surface area contributed by atoms with E-state index in [9.17, 15) is 22.8 Å². The predicted molar refractivity (Wildman–Crippen MR) is 102 cm³/mol. The molecule has 2 aromatic carbocycles. The molecule has 1 aliphatic rings. The number of carbonyl (C=O) groups is 2. The molecule has 2 amide bonds. The lowest BCUT2D eigenvalue weighted by atomic mass is 10.1. The molecule has 1 heterocycles. The highest BCUT2D eigenvalue weighted by atomic mass is 19.4. The minimum Gasteiger partial charge on any atom is -0.312 e. The molecule has 0 spiro atoms. The van der Waals surface area contributed by atoms with Crippen molar-refractivity contribution in [1.29, 1.82) is 0 Å². The molecule has 0 aromatic heterocycles.